The quantitative estimate of drug-likeness (QED) is 0.914. The van der Waals surface area contributed by atoms with E-state index in [1.54, 1.807) is 12.4 Å². The normalized spacial score (nSPS) is 13.9. The van der Waals surface area contributed by atoms with Crippen LogP contribution >= 0.6 is 0 Å². The predicted octanol–water partition coefficient (Wildman–Crippen LogP) is 3.17. The molecule has 0 aliphatic rings. The molecule has 3 nitrogen and oxygen atoms in total. The van der Waals surface area contributed by atoms with E-state index in [0.29, 0.717) is 0 Å². The summed E-state index contributed by atoms with van der Waals surface area (Å²) in [7, 11) is 0. The maximum Gasteiger partial charge on any atom is 0.140 e. The van der Waals surface area contributed by atoms with Crippen molar-refractivity contribution in [3.05, 3.63) is 59.4 Å². The Morgan fingerprint density at radius 2 is 1.95 bits per heavy atom. The van der Waals surface area contributed by atoms with Crippen LogP contribution in [0, 0.1) is 13.8 Å². The molecule has 1 aromatic carbocycles. The highest BCUT2D eigenvalue weighted by molar-refractivity contribution is 5.38. The Morgan fingerprint density at radius 3 is 2.58 bits per heavy atom. The summed E-state index contributed by atoms with van der Waals surface area (Å²) < 4.78 is 6.11. The summed E-state index contributed by atoms with van der Waals surface area (Å²) in [4.78, 5) is 4.13. The van der Waals surface area contributed by atoms with Crippen LogP contribution in [-0.2, 0) is 0 Å². The van der Waals surface area contributed by atoms with E-state index in [1.165, 1.54) is 5.56 Å². The number of pyridine rings is 1. The first-order valence-electron chi connectivity index (χ1n) is 6.48. The minimum Gasteiger partial charge on any atom is -0.484 e. The molecule has 2 N–H and O–H groups in total. The van der Waals surface area contributed by atoms with Crippen molar-refractivity contribution < 1.29 is 4.74 Å². The minimum absolute atomic E-state index is 0.107. The van der Waals surface area contributed by atoms with Crippen LogP contribution in [0.15, 0.2) is 42.7 Å². The van der Waals surface area contributed by atoms with E-state index in [4.69, 9.17) is 10.5 Å². The first kappa shape index (κ1) is 13.6. The molecule has 0 saturated heterocycles. The molecule has 1 aromatic heterocycles. The van der Waals surface area contributed by atoms with Crippen molar-refractivity contribution in [2.75, 3.05) is 0 Å². The van der Waals surface area contributed by atoms with Gasteiger partial charge in [-0.25, -0.2) is 0 Å². The zero-order valence-electron chi connectivity index (χ0n) is 11.6. The molecular weight excluding hydrogens is 236 g/mol. The van der Waals surface area contributed by atoms with Crippen molar-refractivity contribution in [1.29, 1.82) is 0 Å². The second kappa shape index (κ2) is 5.85. The number of aromatic nitrogens is 1. The first-order valence-corrected chi connectivity index (χ1v) is 6.48. The van der Waals surface area contributed by atoms with Crippen molar-refractivity contribution in [2.45, 2.75) is 32.9 Å². The number of hydrogen-bond donors (Lipinski definition) is 1. The number of ether oxygens (including phenoxy) is 1. The zero-order valence-corrected chi connectivity index (χ0v) is 11.6. The summed E-state index contributed by atoms with van der Waals surface area (Å²) in [6.07, 6.45) is 3.37. The van der Waals surface area contributed by atoms with Crippen LogP contribution in [0.3, 0.4) is 0 Å². The molecule has 0 fully saturated rings. The van der Waals surface area contributed by atoms with Gasteiger partial charge in [-0.05, 0) is 44.0 Å². The van der Waals surface area contributed by atoms with Crippen molar-refractivity contribution in [1.82, 2.24) is 4.98 Å². The fraction of sp³-hybridized carbons (Fsp3) is 0.312. The van der Waals surface area contributed by atoms with E-state index in [-0.39, 0.29) is 12.1 Å². The Bertz CT molecular complexity index is 538. The molecule has 0 saturated carbocycles. The van der Waals surface area contributed by atoms with Gasteiger partial charge in [0, 0.05) is 24.0 Å². The molecule has 0 radical (unpaired) electrons. The molecule has 2 aromatic rings. The fourth-order valence-electron chi connectivity index (χ4n) is 2.01. The number of aryl methyl sites for hydroxylation is 1. The van der Waals surface area contributed by atoms with Crippen LogP contribution in [0.25, 0.3) is 0 Å². The lowest BCUT2D eigenvalue weighted by Gasteiger charge is -2.24. The van der Waals surface area contributed by atoms with E-state index in [1.807, 2.05) is 31.2 Å². The molecule has 0 aliphatic carbocycles. The van der Waals surface area contributed by atoms with Crippen molar-refractivity contribution >= 4 is 0 Å². The van der Waals surface area contributed by atoms with E-state index in [2.05, 4.69) is 24.9 Å². The monoisotopic (exact) mass is 256 g/mol. The van der Waals surface area contributed by atoms with Crippen molar-refractivity contribution in [3.8, 4) is 5.75 Å². The van der Waals surface area contributed by atoms with Gasteiger partial charge in [0.25, 0.3) is 0 Å². The predicted molar refractivity (Wildman–Crippen MR) is 77.2 cm³/mol. The van der Waals surface area contributed by atoms with Crippen LogP contribution in [0.5, 0.6) is 5.75 Å². The molecule has 2 rings (SSSR count). The Balaban J connectivity index is 2.30. The summed E-state index contributed by atoms with van der Waals surface area (Å²) in [5, 5.41) is 0. The molecule has 0 amide bonds. The molecule has 19 heavy (non-hydrogen) atoms. The number of rotatable bonds is 4. The largest absolute Gasteiger partial charge is 0.484 e. The van der Waals surface area contributed by atoms with Crippen LogP contribution in [0.1, 0.15) is 29.7 Å². The van der Waals surface area contributed by atoms with Gasteiger partial charge in [-0.3, -0.25) is 4.98 Å². The molecule has 1 heterocycles. The molecule has 2 unspecified atom stereocenters. The van der Waals surface area contributed by atoms with Crippen LogP contribution in [0.2, 0.25) is 0 Å². The summed E-state index contributed by atoms with van der Waals surface area (Å²) in [6.45, 7) is 6.09. The SMILES string of the molecule is Cc1cccc(OC(c2cccnc2)C(C)N)c1C. The van der Waals surface area contributed by atoms with Gasteiger partial charge in [0.2, 0.25) is 0 Å². The average Bonchev–Trinajstić information content (AvgIpc) is 2.41. The van der Waals surface area contributed by atoms with Gasteiger partial charge in [-0.2, -0.15) is 0 Å². The summed E-state index contributed by atoms with van der Waals surface area (Å²) in [6, 6.07) is 9.84. The van der Waals surface area contributed by atoms with Gasteiger partial charge in [0.05, 0.1) is 0 Å². The first-order chi connectivity index (χ1) is 9.09. The number of nitrogens with zero attached hydrogens (tertiary/aromatic N) is 1. The number of benzene rings is 1. The Morgan fingerprint density at radius 1 is 1.16 bits per heavy atom. The molecular formula is C16H20N2O. The van der Waals surface area contributed by atoms with Crippen LogP contribution < -0.4 is 10.5 Å². The number of nitrogens with two attached hydrogens (primary N) is 1. The van der Waals surface area contributed by atoms with E-state index < -0.39 is 0 Å². The third kappa shape index (κ3) is 3.12. The van der Waals surface area contributed by atoms with E-state index in [0.717, 1.165) is 16.9 Å². The van der Waals surface area contributed by atoms with Gasteiger partial charge in [0.1, 0.15) is 11.9 Å². The summed E-state index contributed by atoms with van der Waals surface area (Å²) in [5.74, 6) is 0.881. The Kier molecular flexibility index (Phi) is 4.17. The third-order valence-electron chi connectivity index (χ3n) is 3.30. The molecule has 2 atom stereocenters. The Hall–Kier alpha value is -1.87. The second-order valence-electron chi connectivity index (χ2n) is 4.88. The van der Waals surface area contributed by atoms with Gasteiger partial charge in [-0.15, -0.1) is 0 Å². The zero-order chi connectivity index (χ0) is 13.8. The standard InChI is InChI=1S/C16H20N2O/c1-11-6-4-8-15(12(11)2)19-16(13(3)17)14-7-5-9-18-10-14/h4-10,13,16H,17H2,1-3H3. The highest BCUT2D eigenvalue weighted by Crippen LogP contribution is 2.27. The van der Waals surface area contributed by atoms with E-state index >= 15 is 0 Å². The van der Waals surface area contributed by atoms with Crippen LogP contribution in [0.4, 0.5) is 0 Å². The molecule has 100 valence electrons. The fourth-order valence-corrected chi connectivity index (χ4v) is 2.01. The highest BCUT2D eigenvalue weighted by Gasteiger charge is 2.19. The maximum absolute atomic E-state index is 6.11. The Labute approximate surface area is 114 Å². The third-order valence-corrected chi connectivity index (χ3v) is 3.30. The lowest BCUT2D eigenvalue weighted by molar-refractivity contribution is 0.178. The molecule has 3 heteroatoms. The maximum atomic E-state index is 6.11. The minimum atomic E-state index is -0.186. The molecule has 0 spiro atoms. The highest BCUT2D eigenvalue weighted by atomic mass is 16.5. The van der Waals surface area contributed by atoms with Crippen molar-refractivity contribution in [2.24, 2.45) is 5.73 Å². The second-order valence-corrected chi connectivity index (χ2v) is 4.88. The number of hydrogen-bond acceptors (Lipinski definition) is 3. The lowest BCUT2D eigenvalue weighted by Crippen LogP contribution is -2.29. The summed E-state index contributed by atoms with van der Waals surface area (Å²) in [5.41, 5.74) is 9.42. The van der Waals surface area contributed by atoms with Gasteiger partial charge < -0.3 is 10.5 Å². The van der Waals surface area contributed by atoms with Gasteiger partial charge in [0.15, 0.2) is 0 Å². The average molecular weight is 256 g/mol. The van der Waals surface area contributed by atoms with E-state index in [9.17, 15) is 0 Å². The van der Waals surface area contributed by atoms with Crippen LogP contribution in [-0.4, -0.2) is 11.0 Å². The molecule has 0 aliphatic heterocycles. The van der Waals surface area contributed by atoms with Gasteiger partial charge >= 0.3 is 0 Å². The smallest absolute Gasteiger partial charge is 0.140 e. The topological polar surface area (TPSA) is 48.1 Å². The van der Waals surface area contributed by atoms with Crippen molar-refractivity contribution in [3.63, 3.8) is 0 Å². The summed E-state index contributed by atoms with van der Waals surface area (Å²) >= 11 is 0. The molecule has 0 bridgehead atoms. The van der Waals surface area contributed by atoms with Gasteiger partial charge in [-0.1, -0.05) is 18.2 Å². The lowest BCUT2D eigenvalue weighted by atomic mass is 10.1.